The van der Waals surface area contributed by atoms with Crippen molar-refractivity contribution in [3.63, 3.8) is 0 Å². The molecule has 6 rings (SSSR count). The molecule has 0 atom stereocenters. The van der Waals surface area contributed by atoms with E-state index in [-0.39, 0.29) is 6.71 Å². The van der Waals surface area contributed by atoms with Gasteiger partial charge in [0.25, 0.3) is 0 Å². The molecule has 0 amide bonds. The maximum atomic E-state index is 6.31. The fraction of sp³-hybridized carbons (Fsp3) is 0.211. The molecule has 42 heavy (non-hydrogen) atoms. The highest BCUT2D eigenvalue weighted by Gasteiger charge is 2.35. The van der Waals surface area contributed by atoms with Crippen molar-refractivity contribution < 1.29 is 4.74 Å². The quantitative estimate of drug-likeness (QED) is 0.143. The zero-order chi connectivity index (χ0) is 29.4. The summed E-state index contributed by atoms with van der Waals surface area (Å²) in [6.45, 7) is 16.3. The molecule has 0 saturated heterocycles. The van der Waals surface area contributed by atoms with Gasteiger partial charge in [-0.15, -0.1) is 6.58 Å². The summed E-state index contributed by atoms with van der Waals surface area (Å²) in [5.41, 5.74) is 9.75. The number of ether oxygens (including phenoxy) is 1. The molecule has 2 aliphatic heterocycles. The smallest absolute Gasteiger partial charge is 0.243 e. The second-order valence-corrected chi connectivity index (χ2v) is 12.8. The van der Waals surface area contributed by atoms with Crippen LogP contribution in [0.1, 0.15) is 41.0 Å². The topological polar surface area (TPSA) is 12.5 Å². The standard InChI is InChI=1S/C38H38BNOS/c1-7-14-28(25(2)3)23-30(26(4)5)27(6)39-31-15-8-13-20-37(31)42-38-22-21-29(24-32(38)39)40-33-16-9-11-18-35(33)41-36-19-12-10-17-34(36)40/h8-26H,6-7H2,1-5H3/b28-14+,30-23-. The molecule has 2 heterocycles. The van der Waals surface area contributed by atoms with Crippen LogP contribution in [0.25, 0.3) is 0 Å². The van der Waals surface area contributed by atoms with Gasteiger partial charge in [0.1, 0.15) is 0 Å². The van der Waals surface area contributed by atoms with Crippen molar-refractivity contribution in [1.29, 1.82) is 0 Å². The van der Waals surface area contributed by atoms with Gasteiger partial charge < -0.3 is 9.64 Å². The fourth-order valence-electron chi connectivity index (χ4n) is 6.12. The van der Waals surface area contributed by atoms with Gasteiger partial charge in [0.15, 0.2) is 11.5 Å². The minimum atomic E-state index is 0.0626. The SMILES string of the molecule is C=C(B1c2ccccc2Sc2ccc(N3c4ccccc4Oc4ccccc43)cc21)/C(=C\C(=C/CC)C(C)C)C(C)C. The van der Waals surface area contributed by atoms with Crippen molar-refractivity contribution in [2.45, 2.75) is 50.8 Å². The second-order valence-electron chi connectivity index (χ2n) is 11.7. The number of anilines is 3. The van der Waals surface area contributed by atoms with Crippen LogP contribution in [0.5, 0.6) is 11.5 Å². The van der Waals surface area contributed by atoms with Gasteiger partial charge in [-0.2, -0.15) is 0 Å². The molecule has 4 aromatic rings. The Bertz CT molecular complexity index is 1670. The van der Waals surface area contributed by atoms with Crippen molar-refractivity contribution in [1.82, 2.24) is 0 Å². The molecule has 0 fully saturated rings. The molecule has 2 aliphatic rings. The van der Waals surface area contributed by atoms with E-state index in [0.29, 0.717) is 11.8 Å². The van der Waals surface area contributed by atoms with E-state index in [2.05, 4.69) is 118 Å². The normalized spacial score (nSPS) is 14.3. The van der Waals surface area contributed by atoms with E-state index >= 15 is 0 Å². The van der Waals surface area contributed by atoms with Crippen LogP contribution in [-0.4, -0.2) is 6.71 Å². The molecule has 4 aromatic carbocycles. The van der Waals surface area contributed by atoms with Crippen LogP contribution in [0.4, 0.5) is 17.1 Å². The average Bonchev–Trinajstić information content (AvgIpc) is 2.99. The summed E-state index contributed by atoms with van der Waals surface area (Å²) in [5, 5.41) is 0. The van der Waals surface area contributed by atoms with Gasteiger partial charge in [0, 0.05) is 15.5 Å². The van der Waals surface area contributed by atoms with Gasteiger partial charge in [-0.25, -0.2) is 0 Å². The van der Waals surface area contributed by atoms with Gasteiger partial charge in [-0.1, -0.05) is 123 Å². The molecule has 0 unspecified atom stereocenters. The van der Waals surface area contributed by atoms with Gasteiger partial charge >= 0.3 is 0 Å². The van der Waals surface area contributed by atoms with E-state index in [4.69, 9.17) is 11.3 Å². The lowest BCUT2D eigenvalue weighted by atomic mass is 9.34. The van der Waals surface area contributed by atoms with E-state index < -0.39 is 0 Å². The van der Waals surface area contributed by atoms with Crippen molar-refractivity contribution in [2.75, 3.05) is 4.90 Å². The summed E-state index contributed by atoms with van der Waals surface area (Å²) >= 11 is 1.86. The van der Waals surface area contributed by atoms with Crippen LogP contribution < -0.4 is 20.6 Å². The van der Waals surface area contributed by atoms with Gasteiger partial charge in [-0.3, -0.25) is 0 Å². The number of fused-ring (bicyclic) bond motifs is 4. The molecule has 0 spiro atoms. The molecule has 2 nitrogen and oxygen atoms in total. The highest BCUT2D eigenvalue weighted by atomic mass is 32.2. The van der Waals surface area contributed by atoms with Crippen LogP contribution in [0.3, 0.4) is 0 Å². The van der Waals surface area contributed by atoms with Crippen molar-refractivity contribution in [2.24, 2.45) is 11.8 Å². The molecular weight excluding hydrogens is 529 g/mol. The minimum Gasteiger partial charge on any atom is -0.453 e. The van der Waals surface area contributed by atoms with Crippen molar-refractivity contribution in [3.05, 3.63) is 126 Å². The summed E-state index contributed by atoms with van der Waals surface area (Å²) in [6, 6.07) is 32.4. The largest absolute Gasteiger partial charge is 0.453 e. The Labute approximate surface area is 255 Å². The average molecular weight is 568 g/mol. The number of allylic oxidation sites excluding steroid dienone is 5. The summed E-state index contributed by atoms with van der Waals surface area (Å²) < 4.78 is 6.31. The molecule has 0 aliphatic carbocycles. The summed E-state index contributed by atoms with van der Waals surface area (Å²) in [4.78, 5) is 4.93. The summed E-state index contributed by atoms with van der Waals surface area (Å²) in [6.07, 6.45) is 5.81. The number of nitrogens with zero attached hydrogens (tertiary/aromatic N) is 1. The molecule has 0 N–H and O–H groups in total. The fourth-order valence-corrected chi connectivity index (χ4v) is 7.24. The predicted molar refractivity (Wildman–Crippen MR) is 182 cm³/mol. The Morgan fingerprint density at radius 3 is 2.07 bits per heavy atom. The lowest BCUT2D eigenvalue weighted by Crippen LogP contribution is -2.49. The van der Waals surface area contributed by atoms with Crippen LogP contribution in [0.2, 0.25) is 0 Å². The second kappa shape index (κ2) is 11.8. The monoisotopic (exact) mass is 567 g/mol. The number of benzene rings is 4. The van der Waals surface area contributed by atoms with E-state index in [1.165, 1.54) is 37.3 Å². The zero-order valence-corrected chi connectivity index (χ0v) is 26.0. The molecule has 210 valence electrons. The molecular formula is C38H38BNOS. The Hall–Kier alpha value is -3.89. The Kier molecular flexibility index (Phi) is 7.92. The van der Waals surface area contributed by atoms with E-state index in [9.17, 15) is 0 Å². The molecule has 0 aromatic heterocycles. The third-order valence-electron chi connectivity index (χ3n) is 8.21. The van der Waals surface area contributed by atoms with Crippen LogP contribution >= 0.6 is 11.8 Å². The van der Waals surface area contributed by atoms with E-state index in [1.54, 1.807) is 0 Å². The van der Waals surface area contributed by atoms with E-state index in [1.807, 2.05) is 36.0 Å². The lowest BCUT2D eigenvalue weighted by Gasteiger charge is -2.35. The van der Waals surface area contributed by atoms with Crippen LogP contribution in [-0.2, 0) is 0 Å². The van der Waals surface area contributed by atoms with E-state index in [0.717, 1.165) is 35.0 Å². The highest BCUT2D eigenvalue weighted by Crippen LogP contribution is 2.50. The molecule has 0 saturated carbocycles. The first kappa shape index (κ1) is 28.2. The molecule has 4 heteroatoms. The first-order chi connectivity index (χ1) is 20.4. The van der Waals surface area contributed by atoms with Crippen LogP contribution in [0, 0.1) is 11.8 Å². The third-order valence-corrected chi connectivity index (χ3v) is 9.40. The Balaban J connectivity index is 1.52. The summed E-state index contributed by atoms with van der Waals surface area (Å²) in [7, 11) is 0. The summed E-state index contributed by atoms with van der Waals surface area (Å²) in [5.74, 6) is 2.54. The number of para-hydroxylation sites is 4. The maximum absolute atomic E-state index is 6.31. The van der Waals surface area contributed by atoms with Crippen LogP contribution in [0.15, 0.2) is 136 Å². The highest BCUT2D eigenvalue weighted by molar-refractivity contribution is 8.00. The number of rotatable bonds is 7. The third kappa shape index (κ3) is 5.14. The lowest BCUT2D eigenvalue weighted by molar-refractivity contribution is 0.477. The van der Waals surface area contributed by atoms with Gasteiger partial charge in [0.2, 0.25) is 6.71 Å². The first-order valence-corrected chi connectivity index (χ1v) is 15.9. The number of hydrogen-bond acceptors (Lipinski definition) is 3. The molecule has 0 radical (unpaired) electrons. The van der Waals surface area contributed by atoms with Crippen molar-refractivity contribution in [3.8, 4) is 11.5 Å². The van der Waals surface area contributed by atoms with Crippen molar-refractivity contribution >= 4 is 46.5 Å². The van der Waals surface area contributed by atoms with Gasteiger partial charge in [-0.05, 0) is 72.4 Å². The Morgan fingerprint density at radius 2 is 1.43 bits per heavy atom. The maximum Gasteiger partial charge on any atom is 0.243 e. The first-order valence-electron chi connectivity index (χ1n) is 15.0. The number of hydrogen-bond donors (Lipinski definition) is 0. The Morgan fingerprint density at radius 1 is 0.810 bits per heavy atom. The zero-order valence-electron chi connectivity index (χ0n) is 25.2. The minimum absolute atomic E-state index is 0.0626. The predicted octanol–water partition coefficient (Wildman–Crippen LogP) is 10.0. The van der Waals surface area contributed by atoms with Gasteiger partial charge in [0.05, 0.1) is 11.4 Å². The molecule has 0 bridgehead atoms.